The van der Waals surface area contributed by atoms with Crippen LogP contribution in [0.2, 0.25) is 0 Å². The minimum absolute atomic E-state index is 0.0153. The zero-order chi connectivity index (χ0) is 19.6. The molecule has 0 aliphatic rings. The molecule has 0 unspecified atom stereocenters. The Balaban J connectivity index is 2.08. The molecule has 0 aliphatic heterocycles. The minimum Gasteiger partial charge on any atom is -0.423 e. The fourth-order valence-electron chi connectivity index (χ4n) is 3.08. The number of carbonyl (C=O) groups is 1. The molecule has 0 aromatic heterocycles. The first-order valence-corrected chi connectivity index (χ1v) is 8.92. The number of benzene rings is 3. The fraction of sp³-hybridized carbons (Fsp3) is 0.217. The lowest BCUT2D eigenvalue weighted by atomic mass is 9.85. The molecule has 0 heterocycles. The maximum atomic E-state index is 12.5. The number of ether oxygens (including phenoxy) is 1. The molecule has 138 valence electrons. The molecule has 0 atom stereocenters. The van der Waals surface area contributed by atoms with E-state index >= 15 is 0 Å². The van der Waals surface area contributed by atoms with Gasteiger partial charge in [-0.1, -0.05) is 57.2 Å². The van der Waals surface area contributed by atoms with Gasteiger partial charge in [0.1, 0.15) is 11.6 Å². The van der Waals surface area contributed by atoms with Crippen molar-refractivity contribution in [2.24, 2.45) is 11.1 Å². The number of nitrogens with two attached hydrogens (primary N) is 1. The molecule has 4 heteroatoms. The van der Waals surface area contributed by atoms with Crippen molar-refractivity contribution in [3.63, 3.8) is 0 Å². The highest BCUT2D eigenvalue weighted by molar-refractivity contribution is 6.00. The summed E-state index contributed by atoms with van der Waals surface area (Å²) in [5.74, 6) is 0.237. The molecule has 3 rings (SSSR count). The highest BCUT2D eigenvalue weighted by atomic mass is 16.5. The first kappa shape index (κ1) is 18.6. The molecule has 0 saturated heterocycles. The van der Waals surface area contributed by atoms with E-state index < -0.39 is 0 Å². The lowest BCUT2D eigenvalue weighted by molar-refractivity contribution is 0.0732. The van der Waals surface area contributed by atoms with Gasteiger partial charge in [-0.15, -0.1) is 0 Å². The number of carbonyl (C=O) groups excluding carboxylic acids is 1. The summed E-state index contributed by atoms with van der Waals surface area (Å²) in [7, 11) is 0. The van der Waals surface area contributed by atoms with Gasteiger partial charge in [0.2, 0.25) is 0 Å². The summed E-state index contributed by atoms with van der Waals surface area (Å²) in [5.41, 5.74) is 7.82. The van der Waals surface area contributed by atoms with Crippen LogP contribution >= 0.6 is 0 Å². The third kappa shape index (κ3) is 4.34. The quantitative estimate of drug-likeness (QED) is 0.300. The summed E-state index contributed by atoms with van der Waals surface area (Å²) >= 11 is 0. The Hall–Kier alpha value is -3.14. The average Bonchev–Trinajstić information content (AvgIpc) is 2.62. The largest absolute Gasteiger partial charge is 0.423 e. The predicted octanol–water partition coefficient (Wildman–Crippen LogP) is 4.93. The zero-order valence-electron chi connectivity index (χ0n) is 15.9. The molecule has 0 fully saturated rings. The standard InChI is InChI=1S/C23H24N2O2/c1-23(2,3)14-19-18-11-9-17(21(24)25)13-16(18)10-12-20(19)27-22(26)15-7-5-4-6-8-15/h4-13H,14H2,1-3H3,(H3,24,25). The van der Waals surface area contributed by atoms with Crippen molar-refractivity contribution in [3.05, 3.63) is 77.4 Å². The molecule has 3 N–H and O–H groups in total. The molecule has 0 radical (unpaired) electrons. The van der Waals surface area contributed by atoms with Crippen molar-refractivity contribution < 1.29 is 9.53 Å². The van der Waals surface area contributed by atoms with Crippen LogP contribution in [0.15, 0.2) is 60.7 Å². The molecule has 4 nitrogen and oxygen atoms in total. The number of amidine groups is 1. The summed E-state index contributed by atoms with van der Waals surface area (Å²) in [6.07, 6.45) is 0.751. The Labute approximate surface area is 159 Å². The smallest absolute Gasteiger partial charge is 0.343 e. The third-order valence-electron chi connectivity index (χ3n) is 4.32. The second kappa shape index (κ2) is 7.23. The number of hydrogen-bond donors (Lipinski definition) is 2. The van der Waals surface area contributed by atoms with Crippen LogP contribution in [0, 0.1) is 10.8 Å². The summed E-state index contributed by atoms with van der Waals surface area (Å²) in [6, 6.07) is 18.4. The molecule has 0 spiro atoms. The summed E-state index contributed by atoms with van der Waals surface area (Å²) in [5, 5.41) is 9.63. The Morgan fingerprint density at radius 3 is 2.33 bits per heavy atom. The lowest BCUT2D eigenvalue weighted by Gasteiger charge is -2.22. The molecular weight excluding hydrogens is 336 g/mol. The molecule has 27 heavy (non-hydrogen) atoms. The monoisotopic (exact) mass is 360 g/mol. The van der Waals surface area contributed by atoms with Crippen molar-refractivity contribution >= 4 is 22.6 Å². The van der Waals surface area contributed by atoms with Crippen molar-refractivity contribution in [2.75, 3.05) is 0 Å². The van der Waals surface area contributed by atoms with Crippen LogP contribution in [-0.4, -0.2) is 11.8 Å². The van der Waals surface area contributed by atoms with Gasteiger partial charge in [0, 0.05) is 11.1 Å². The van der Waals surface area contributed by atoms with Gasteiger partial charge in [-0.2, -0.15) is 0 Å². The maximum absolute atomic E-state index is 12.5. The van der Waals surface area contributed by atoms with E-state index in [2.05, 4.69) is 20.8 Å². The van der Waals surface area contributed by atoms with E-state index in [1.165, 1.54) is 0 Å². The molecule has 0 saturated carbocycles. The van der Waals surface area contributed by atoms with Gasteiger partial charge in [0.15, 0.2) is 0 Å². The van der Waals surface area contributed by atoms with E-state index in [1.807, 2.05) is 48.5 Å². The number of fused-ring (bicyclic) bond motifs is 1. The maximum Gasteiger partial charge on any atom is 0.343 e. The van der Waals surface area contributed by atoms with Gasteiger partial charge in [-0.3, -0.25) is 5.41 Å². The van der Waals surface area contributed by atoms with Crippen LogP contribution in [0.4, 0.5) is 0 Å². The normalized spacial score (nSPS) is 11.4. The van der Waals surface area contributed by atoms with E-state index in [9.17, 15) is 4.79 Å². The number of rotatable bonds is 4. The highest BCUT2D eigenvalue weighted by Crippen LogP contribution is 2.34. The first-order chi connectivity index (χ1) is 12.7. The van der Waals surface area contributed by atoms with Gasteiger partial charge >= 0.3 is 5.97 Å². The number of hydrogen-bond acceptors (Lipinski definition) is 3. The first-order valence-electron chi connectivity index (χ1n) is 8.92. The van der Waals surface area contributed by atoms with Crippen LogP contribution in [0.25, 0.3) is 10.8 Å². The number of nitrogen functional groups attached to an aromatic ring is 1. The molecule has 0 aliphatic carbocycles. The average molecular weight is 360 g/mol. The van der Waals surface area contributed by atoms with Gasteiger partial charge in [-0.05, 0) is 46.9 Å². The Bertz CT molecular complexity index is 1000. The van der Waals surface area contributed by atoms with Crippen LogP contribution in [0.5, 0.6) is 5.75 Å². The van der Waals surface area contributed by atoms with Crippen molar-refractivity contribution in [1.82, 2.24) is 0 Å². The topological polar surface area (TPSA) is 76.2 Å². The molecule has 0 bridgehead atoms. The summed E-state index contributed by atoms with van der Waals surface area (Å²) < 4.78 is 5.76. The van der Waals surface area contributed by atoms with Gasteiger partial charge in [0.05, 0.1) is 5.56 Å². The van der Waals surface area contributed by atoms with E-state index in [0.717, 1.165) is 22.8 Å². The van der Waals surface area contributed by atoms with Crippen molar-refractivity contribution in [1.29, 1.82) is 5.41 Å². The molecule has 3 aromatic rings. The fourth-order valence-corrected chi connectivity index (χ4v) is 3.08. The Kier molecular flexibility index (Phi) is 5.00. The number of esters is 1. The van der Waals surface area contributed by atoms with Crippen LogP contribution in [-0.2, 0) is 6.42 Å². The summed E-state index contributed by atoms with van der Waals surface area (Å²) in [4.78, 5) is 12.5. The van der Waals surface area contributed by atoms with Crippen LogP contribution < -0.4 is 10.5 Å². The van der Waals surface area contributed by atoms with Crippen molar-refractivity contribution in [2.45, 2.75) is 27.2 Å². The van der Waals surface area contributed by atoms with E-state index in [-0.39, 0.29) is 17.2 Å². The van der Waals surface area contributed by atoms with E-state index in [0.29, 0.717) is 16.9 Å². The van der Waals surface area contributed by atoms with Crippen molar-refractivity contribution in [3.8, 4) is 5.75 Å². The van der Waals surface area contributed by atoms with Gasteiger partial charge in [-0.25, -0.2) is 4.79 Å². The highest BCUT2D eigenvalue weighted by Gasteiger charge is 2.20. The van der Waals surface area contributed by atoms with Crippen LogP contribution in [0.1, 0.15) is 42.3 Å². The van der Waals surface area contributed by atoms with E-state index in [4.69, 9.17) is 15.9 Å². The number of nitrogens with one attached hydrogen (secondary N) is 1. The third-order valence-corrected chi connectivity index (χ3v) is 4.32. The minimum atomic E-state index is -0.370. The Morgan fingerprint density at radius 1 is 1.00 bits per heavy atom. The molecule has 0 amide bonds. The zero-order valence-corrected chi connectivity index (χ0v) is 15.9. The van der Waals surface area contributed by atoms with Gasteiger partial charge < -0.3 is 10.5 Å². The van der Waals surface area contributed by atoms with Crippen LogP contribution in [0.3, 0.4) is 0 Å². The summed E-state index contributed by atoms with van der Waals surface area (Å²) in [6.45, 7) is 6.45. The SMILES string of the molecule is CC(C)(C)Cc1c(OC(=O)c2ccccc2)ccc2cc(C(=N)N)ccc12. The molecule has 3 aromatic carbocycles. The predicted molar refractivity (Wildman–Crippen MR) is 110 cm³/mol. The second-order valence-electron chi connectivity index (χ2n) is 7.88. The lowest BCUT2D eigenvalue weighted by Crippen LogP contribution is -2.14. The van der Waals surface area contributed by atoms with Gasteiger partial charge in [0.25, 0.3) is 0 Å². The Morgan fingerprint density at radius 2 is 1.70 bits per heavy atom. The second-order valence-corrected chi connectivity index (χ2v) is 7.88. The van der Waals surface area contributed by atoms with E-state index in [1.54, 1.807) is 12.1 Å². The molecular formula is C23H24N2O2.